The Balaban J connectivity index is 1.67. The lowest BCUT2D eigenvalue weighted by Gasteiger charge is -2.10. The first-order chi connectivity index (χ1) is 15.0. The Kier molecular flexibility index (Phi) is 6.11. The monoisotopic (exact) mass is 450 g/mol. The predicted molar refractivity (Wildman–Crippen MR) is 123 cm³/mol. The van der Waals surface area contributed by atoms with E-state index in [1.54, 1.807) is 42.5 Å². The fraction of sp³-hybridized carbons (Fsp3) is 0.0435. The minimum Gasteiger partial charge on any atom is -0.267 e. The van der Waals surface area contributed by atoms with Gasteiger partial charge in [-0.3, -0.25) is 9.59 Å². The van der Waals surface area contributed by atoms with Crippen LogP contribution in [0.4, 0.5) is 0 Å². The molecule has 0 radical (unpaired) electrons. The number of hydrazone groups is 1. The van der Waals surface area contributed by atoms with Crippen LogP contribution in [0.1, 0.15) is 21.6 Å². The van der Waals surface area contributed by atoms with Gasteiger partial charge in [-0.15, -0.1) is 0 Å². The molecule has 154 valence electrons. The van der Waals surface area contributed by atoms with Gasteiger partial charge in [0.15, 0.2) is 5.69 Å². The Bertz CT molecular complexity index is 1350. The molecule has 0 saturated heterocycles. The van der Waals surface area contributed by atoms with Gasteiger partial charge in [0.25, 0.3) is 11.5 Å². The minimum absolute atomic E-state index is 0.102. The van der Waals surface area contributed by atoms with Gasteiger partial charge in [0.1, 0.15) is 0 Å². The molecule has 0 saturated carbocycles. The molecule has 4 rings (SSSR count). The second-order valence-corrected chi connectivity index (χ2v) is 7.55. The van der Waals surface area contributed by atoms with Crippen LogP contribution >= 0.6 is 23.2 Å². The third-order valence-corrected chi connectivity index (χ3v) is 5.15. The fourth-order valence-corrected chi connectivity index (χ4v) is 3.54. The number of carbonyl (C=O) groups excluding carboxylic acids is 1. The number of amides is 1. The molecule has 1 aromatic heterocycles. The second kappa shape index (κ2) is 9.12. The smallest absolute Gasteiger partial charge is 0.267 e. The Morgan fingerprint density at radius 1 is 1.00 bits per heavy atom. The van der Waals surface area contributed by atoms with Crippen LogP contribution in [0.2, 0.25) is 10.0 Å². The number of nitrogens with one attached hydrogen (secondary N) is 1. The summed E-state index contributed by atoms with van der Waals surface area (Å²) in [5.41, 5.74) is 3.78. The van der Waals surface area contributed by atoms with Gasteiger partial charge in [-0.25, -0.2) is 10.1 Å². The van der Waals surface area contributed by atoms with Crippen molar-refractivity contribution in [2.45, 2.75) is 6.54 Å². The Hall–Kier alpha value is -3.48. The predicted octanol–water partition coefficient (Wildman–Crippen LogP) is 4.52. The van der Waals surface area contributed by atoms with Crippen LogP contribution in [-0.2, 0) is 6.54 Å². The lowest BCUT2D eigenvalue weighted by molar-refractivity contribution is 0.0949. The number of benzene rings is 3. The highest BCUT2D eigenvalue weighted by Crippen LogP contribution is 2.19. The van der Waals surface area contributed by atoms with E-state index in [9.17, 15) is 9.59 Å². The summed E-state index contributed by atoms with van der Waals surface area (Å²) >= 11 is 12.0. The molecule has 0 fully saturated rings. The maximum absolute atomic E-state index is 12.9. The number of halogens is 2. The molecule has 0 aliphatic carbocycles. The molecule has 0 aliphatic heterocycles. The van der Waals surface area contributed by atoms with Crippen molar-refractivity contribution in [2.75, 3.05) is 0 Å². The molecule has 6 nitrogen and oxygen atoms in total. The van der Waals surface area contributed by atoms with Gasteiger partial charge < -0.3 is 0 Å². The molecule has 1 N–H and O–H groups in total. The summed E-state index contributed by atoms with van der Waals surface area (Å²) < 4.78 is 1.28. The Morgan fingerprint density at radius 2 is 1.71 bits per heavy atom. The quantitative estimate of drug-likeness (QED) is 0.358. The van der Waals surface area contributed by atoms with Crippen LogP contribution < -0.4 is 11.0 Å². The molecule has 0 aliphatic rings. The number of carbonyl (C=O) groups is 1. The SMILES string of the molecule is O=C(NN=Cc1ccc(Cl)cc1Cl)c1nn(Cc2ccccc2)c(=O)c2ccccc12. The lowest BCUT2D eigenvalue weighted by atomic mass is 10.1. The average Bonchev–Trinajstić information content (AvgIpc) is 2.78. The summed E-state index contributed by atoms with van der Waals surface area (Å²) in [4.78, 5) is 25.7. The zero-order chi connectivity index (χ0) is 21.8. The van der Waals surface area contributed by atoms with Gasteiger partial charge in [0, 0.05) is 16.0 Å². The van der Waals surface area contributed by atoms with Crippen molar-refractivity contribution in [1.82, 2.24) is 15.2 Å². The molecule has 31 heavy (non-hydrogen) atoms. The van der Waals surface area contributed by atoms with Gasteiger partial charge in [0.05, 0.1) is 23.2 Å². The topological polar surface area (TPSA) is 76.3 Å². The molecular weight excluding hydrogens is 435 g/mol. The molecule has 0 unspecified atom stereocenters. The Morgan fingerprint density at radius 3 is 2.45 bits per heavy atom. The number of rotatable bonds is 5. The highest BCUT2D eigenvalue weighted by atomic mass is 35.5. The zero-order valence-corrected chi connectivity index (χ0v) is 17.6. The van der Waals surface area contributed by atoms with Gasteiger partial charge in [-0.05, 0) is 23.8 Å². The normalized spacial score (nSPS) is 11.2. The van der Waals surface area contributed by atoms with E-state index in [4.69, 9.17) is 23.2 Å². The van der Waals surface area contributed by atoms with Gasteiger partial charge in [-0.1, -0.05) is 77.8 Å². The highest BCUT2D eigenvalue weighted by molar-refractivity contribution is 6.36. The number of hydrogen-bond donors (Lipinski definition) is 1. The minimum atomic E-state index is -0.542. The molecule has 8 heteroatoms. The van der Waals surface area contributed by atoms with Crippen LogP contribution in [0, 0.1) is 0 Å². The average molecular weight is 451 g/mol. The van der Waals surface area contributed by atoms with Crippen LogP contribution in [0.15, 0.2) is 82.7 Å². The number of fused-ring (bicyclic) bond motifs is 1. The van der Waals surface area contributed by atoms with E-state index in [0.717, 1.165) is 5.56 Å². The van der Waals surface area contributed by atoms with Crippen LogP contribution in [0.3, 0.4) is 0 Å². The van der Waals surface area contributed by atoms with Crippen LogP contribution in [0.25, 0.3) is 10.8 Å². The zero-order valence-electron chi connectivity index (χ0n) is 16.1. The van der Waals surface area contributed by atoms with E-state index < -0.39 is 5.91 Å². The van der Waals surface area contributed by atoms with Crippen molar-refractivity contribution in [3.05, 3.63) is 110 Å². The largest absolute Gasteiger partial charge is 0.292 e. The molecule has 4 aromatic rings. The van der Waals surface area contributed by atoms with E-state index in [-0.39, 0.29) is 17.8 Å². The van der Waals surface area contributed by atoms with Crippen LogP contribution in [0.5, 0.6) is 0 Å². The lowest BCUT2D eigenvalue weighted by Crippen LogP contribution is -2.29. The first-order valence-corrected chi connectivity index (χ1v) is 10.1. The summed E-state index contributed by atoms with van der Waals surface area (Å²) in [5.74, 6) is -0.542. The number of nitrogens with zero attached hydrogens (tertiary/aromatic N) is 3. The van der Waals surface area contributed by atoms with Gasteiger partial charge in [-0.2, -0.15) is 10.2 Å². The third kappa shape index (κ3) is 4.66. The van der Waals surface area contributed by atoms with Crippen molar-refractivity contribution >= 4 is 46.1 Å². The summed E-state index contributed by atoms with van der Waals surface area (Å²) in [7, 11) is 0. The van der Waals surface area contributed by atoms with Gasteiger partial charge in [0.2, 0.25) is 0 Å². The van der Waals surface area contributed by atoms with Crippen molar-refractivity contribution in [3.63, 3.8) is 0 Å². The van der Waals surface area contributed by atoms with Gasteiger partial charge >= 0.3 is 0 Å². The molecule has 0 bridgehead atoms. The van der Waals surface area contributed by atoms with E-state index in [0.29, 0.717) is 26.4 Å². The first kappa shape index (κ1) is 20.8. The molecule has 0 spiro atoms. The molecular formula is C23H16Cl2N4O2. The second-order valence-electron chi connectivity index (χ2n) is 6.71. The van der Waals surface area contributed by atoms with E-state index in [1.165, 1.54) is 10.9 Å². The number of hydrogen-bond acceptors (Lipinski definition) is 4. The summed E-state index contributed by atoms with van der Waals surface area (Å²) in [6.07, 6.45) is 1.42. The summed E-state index contributed by atoms with van der Waals surface area (Å²) in [6.45, 7) is 0.244. The van der Waals surface area contributed by atoms with Crippen LogP contribution in [-0.4, -0.2) is 21.9 Å². The summed E-state index contributed by atoms with van der Waals surface area (Å²) in [5, 5.41) is 10.1. The van der Waals surface area contributed by atoms with Crippen molar-refractivity contribution < 1.29 is 4.79 Å². The molecule has 1 heterocycles. The standard InChI is InChI=1S/C23H16Cl2N4O2/c24-17-11-10-16(20(25)12-17)13-26-27-22(30)21-18-8-4-5-9-19(18)23(31)29(28-21)14-15-6-2-1-3-7-15/h1-13H,14H2,(H,27,30). The fourth-order valence-electron chi connectivity index (χ4n) is 3.09. The molecule has 3 aromatic carbocycles. The van der Waals surface area contributed by atoms with E-state index >= 15 is 0 Å². The third-order valence-electron chi connectivity index (χ3n) is 4.59. The van der Waals surface area contributed by atoms with Crippen molar-refractivity contribution in [2.24, 2.45) is 5.10 Å². The van der Waals surface area contributed by atoms with Crippen molar-refractivity contribution in [1.29, 1.82) is 0 Å². The van der Waals surface area contributed by atoms with E-state index in [1.807, 2.05) is 30.3 Å². The van der Waals surface area contributed by atoms with E-state index in [2.05, 4.69) is 15.6 Å². The Labute approximate surface area is 187 Å². The van der Waals surface area contributed by atoms with Crippen molar-refractivity contribution in [3.8, 4) is 0 Å². The molecule has 0 atom stereocenters. The molecule has 1 amide bonds. The highest BCUT2D eigenvalue weighted by Gasteiger charge is 2.16. The number of aromatic nitrogens is 2. The maximum atomic E-state index is 12.9. The first-order valence-electron chi connectivity index (χ1n) is 9.35. The maximum Gasteiger partial charge on any atom is 0.292 e. The summed E-state index contributed by atoms with van der Waals surface area (Å²) in [6, 6.07) is 21.2.